The Bertz CT molecular complexity index is 1340. The number of benzene rings is 1. The first kappa shape index (κ1) is 23.5. The van der Waals surface area contributed by atoms with Crippen LogP contribution in [0.3, 0.4) is 0 Å². The fraction of sp³-hybridized carbons (Fsp3) is 0.182. The number of aliphatic carboxylic acids is 1. The number of aryl methyl sites for hydroxylation is 1. The van der Waals surface area contributed by atoms with Gasteiger partial charge in [-0.2, -0.15) is 13.2 Å². The number of aromatic nitrogens is 4. The smallest absolute Gasteiger partial charge is 0.475 e. The molecule has 0 radical (unpaired) electrons. The minimum absolute atomic E-state index is 0.0292. The number of H-pyrrole nitrogens is 2. The molecule has 3 heterocycles. The van der Waals surface area contributed by atoms with Crippen molar-refractivity contribution in [2.45, 2.75) is 13.1 Å². The molecule has 0 fully saturated rings. The summed E-state index contributed by atoms with van der Waals surface area (Å²) in [7, 11) is 1.77. The average molecular weight is 459 g/mol. The predicted octanol–water partition coefficient (Wildman–Crippen LogP) is 4.31. The molecular formula is C22H20F3N5O3. The maximum absolute atomic E-state index is 12.5. The number of rotatable bonds is 4. The number of nitrogens with one attached hydrogen (secondary N) is 2. The lowest BCUT2D eigenvalue weighted by molar-refractivity contribution is -0.192. The van der Waals surface area contributed by atoms with Crippen LogP contribution in [-0.4, -0.2) is 61.6 Å². The van der Waals surface area contributed by atoms with Crippen molar-refractivity contribution >= 4 is 33.9 Å². The number of likely N-dealkylation sites (N-methyl/N-ethyl adjacent to an activating group) is 1. The summed E-state index contributed by atoms with van der Waals surface area (Å²) in [6, 6.07) is 9.72. The van der Waals surface area contributed by atoms with Gasteiger partial charge in [0, 0.05) is 47.5 Å². The number of amides is 1. The molecule has 0 aliphatic carbocycles. The molecule has 8 nitrogen and oxygen atoms in total. The largest absolute Gasteiger partial charge is 0.490 e. The zero-order valence-corrected chi connectivity index (χ0v) is 17.7. The van der Waals surface area contributed by atoms with Gasteiger partial charge < -0.3 is 20.0 Å². The van der Waals surface area contributed by atoms with E-state index >= 15 is 0 Å². The Morgan fingerprint density at radius 3 is 2.55 bits per heavy atom. The Labute approximate surface area is 185 Å². The van der Waals surface area contributed by atoms with Gasteiger partial charge in [0.05, 0.1) is 5.52 Å². The first-order chi connectivity index (χ1) is 15.5. The molecule has 3 N–H and O–H groups in total. The number of fused-ring (bicyclic) bond motifs is 2. The molecule has 0 aliphatic heterocycles. The van der Waals surface area contributed by atoms with E-state index in [0.29, 0.717) is 17.8 Å². The van der Waals surface area contributed by atoms with Crippen LogP contribution < -0.4 is 0 Å². The molecule has 172 valence electrons. The molecule has 1 aromatic carbocycles. The SMILES string of the molecule is C=CCN(C)C(=O)c1ccc2cc(-c3ccnc4nc(C)[nH]c34)[nH]c2c1.O=C(O)C(F)(F)F. The summed E-state index contributed by atoms with van der Waals surface area (Å²) >= 11 is 0. The third-order valence-corrected chi connectivity index (χ3v) is 4.66. The van der Waals surface area contributed by atoms with Crippen molar-refractivity contribution in [2.75, 3.05) is 13.6 Å². The third-order valence-electron chi connectivity index (χ3n) is 4.66. The highest BCUT2D eigenvalue weighted by Crippen LogP contribution is 2.29. The average Bonchev–Trinajstić information content (AvgIpc) is 3.34. The fourth-order valence-corrected chi connectivity index (χ4v) is 3.15. The van der Waals surface area contributed by atoms with Gasteiger partial charge in [-0.25, -0.2) is 14.8 Å². The van der Waals surface area contributed by atoms with Crippen LogP contribution >= 0.6 is 0 Å². The van der Waals surface area contributed by atoms with Crippen LogP contribution in [0.4, 0.5) is 13.2 Å². The molecule has 4 rings (SSSR count). The molecule has 0 saturated heterocycles. The summed E-state index contributed by atoms with van der Waals surface area (Å²) in [5, 5.41) is 8.17. The maximum atomic E-state index is 12.5. The maximum Gasteiger partial charge on any atom is 0.490 e. The van der Waals surface area contributed by atoms with Gasteiger partial charge in [-0.05, 0) is 31.2 Å². The number of pyridine rings is 1. The molecule has 11 heteroatoms. The molecule has 0 unspecified atom stereocenters. The molecule has 0 aliphatic rings. The van der Waals surface area contributed by atoms with Gasteiger partial charge in [0.15, 0.2) is 5.65 Å². The van der Waals surface area contributed by atoms with Crippen LogP contribution in [0, 0.1) is 6.92 Å². The van der Waals surface area contributed by atoms with E-state index in [9.17, 15) is 18.0 Å². The van der Waals surface area contributed by atoms with Crippen LogP contribution in [0.25, 0.3) is 33.3 Å². The Hall–Kier alpha value is -4.15. The number of carbonyl (C=O) groups is 2. The van der Waals surface area contributed by atoms with Gasteiger partial charge in [0.25, 0.3) is 5.91 Å². The highest BCUT2D eigenvalue weighted by Gasteiger charge is 2.38. The minimum atomic E-state index is -5.08. The normalized spacial score (nSPS) is 11.2. The molecule has 1 amide bonds. The van der Waals surface area contributed by atoms with Gasteiger partial charge in [-0.3, -0.25) is 4.79 Å². The Balaban J connectivity index is 0.000000383. The molecule has 33 heavy (non-hydrogen) atoms. The lowest BCUT2D eigenvalue weighted by Crippen LogP contribution is -2.26. The number of carboxylic acids is 1. The number of nitrogens with zero attached hydrogens (tertiary/aromatic N) is 3. The molecule has 0 spiro atoms. The first-order valence-electron chi connectivity index (χ1n) is 9.62. The Kier molecular flexibility index (Phi) is 6.52. The molecule has 3 aromatic heterocycles. The second-order valence-corrected chi connectivity index (χ2v) is 7.14. The lowest BCUT2D eigenvalue weighted by atomic mass is 10.1. The quantitative estimate of drug-likeness (QED) is 0.394. The fourth-order valence-electron chi connectivity index (χ4n) is 3.15. The van der Waals surface area contributed by atoms with Crippen LogP contribution in [-0.2, 0) is 4.79 Å². The molecule has 0 atom stereocenters. The Morgan fingerprint density at radius 1 is 1.21 bits per heavy atom. The molecule has 4 aromatic rings. The summed E-state index contributed by atoms with van der Waals surface area (Å²) in [6.45, 7) is 6.10. The van der Waals surface area contributed by atoms with Crippen LogP contribution in [0.1, 0.15) is 16.2 Å². The number of imidazole rings is 1. The second kappa shape index (κ2) is 9.15. The monoisotopic (exact) mass is 459 g/mol. The van der Waals surface area contributed by atoms with Gasteiger partial charge in [0.1, 0.15) is 5.82 Å². The second-order valence-electron chi connectivity index (χ2n) is 7.14. The van der Waals surface area contributed by atoms with Crippen molar-refractivity contribution in [1.29, 1.82) is 0 Å². The van der Waals surface area contributed by atoms with Gasteiger partial charge in [-0.15, -0.1) is 6.58 Å². The summed E-state index contributed by atoms with van der Waals surface area (Å²) in [5.41, 5.74) is 5.12. The topological polar surface area (TPSA) is 115 Å². The van der Waals surface area contributed by atoms with Gasteiger partial charge in [-0.1, -0.05) is 12.1 Å². The summed E-state index contributed by atoms with van der Waals surface area (Å²) in [4.78, 5) is 38.4. The molecule has 0 bridgehead atoms. The number of hydrogen-bond donors (Lipinski definition) is 3. The number of hydrogen-bond acceptors (Lipinski definition) is 4. The van der Waals surface area contributed by atoms with E-state index in [1.54, 1.807) is 24.2 Å². The number of carboxylic acid groups (broad SMARTS) is 1. The number of halogens is 3. The highest BCUT2D eigenvalue weighted by atomic mass is 19.4. The number of carbonyl (C=O) groups excluding carboxylic acids is 1. The summed E-state index contributed by atoms with van der Waals surface area (Å²) in [5.74, 6) is -1.96. The lowest BCUT2D eigenvalue weighted by Gasteiger charge is -2.14. The van der Waals surface area contributed by atoms with E-state index in [1.807, 2.05) is 31.2 Å². The van der Waals surface area contributed by atoms with E-state index < -0.39 is 12.1 Å². The molecular weight excluding hydrogens is 439 g/mol. The highest BCUT2D eigenvalue weighted by molar-refractivity contribution is 6.00. The van der Waals surface area contributed by atoms with Crippen molar-refractivity contribution in [3.05, 3.63) is 60.6 Å². The van der Waals surface area contributed by atoms with Crippen molar-refractivity contribution in [2.24, 2.45) is 0 Å². The standard InChI is InChI=1S/C20H19N5O.C2HF3O2/c1-4-9-25(3)20(26)14-6-5-13-10-17(24-16(13)11-14)15-7-8-21-19-18(15)22-12(2)23-19;3-2(4,5)1(6)7/h4-8,10-11,24H,1,9H2,2-3H3,(H,21,22,23);(H,6,7). The first-order valence-corrected chi connectivity index (χ1v) is 9.62. The van der Waals surface area contributed by atoms with Crippen molar-refractivity contribution < 1.29 is 27.9 Å². The van der Waals surface area contributed by atoms with Crippen molar-refractivity contribution in [3.63, 3.8) is 0 Å². The van der Waals surface area contributed by atoms with Gasteiger partial charge >= 0.3 is 12.1 Å². The van der Waals surface area contributed by atoms with Crippen molar-refractivity contribution in [3.8, 4) is 11.3 Å². The Morgan fingerprint density at radius 2 is 1.91 bits per heavy atom. The van der Waals surface area contributed by atoms with Gasteiger partial charge in [0.2, 0.25) is 0 Å². The van der Waals surface area contributed by atoms with E-state index in [2.05, 4.69) is 32.6 Å². The molecule has 0 saturated carbocycles. The zero-order chi connectivity index (χ0) is 24.3. The van der Waals surface area contributed by atoms with Crippen LogP contribution in [0.2, 0.25) is 0 Å². The summed E-state index contributed by atoms with van der Waals surface area (Å²) in [6.07, 6.45) is -1.62. The van der Waals surface area contributed by atoms with Crippen molar-refractivity contribution in [1.82, 2.24) is 24.8 Å². The zero-order valence-electron chi connectivity index (χ0n) is 17.7. The minimum Gasteiger partial charge on any atom is -0.475 e. The number of alkyl halides is 3. The van der Waals surface area contributed by atoms with E-state index in [4.69, 9.17) is 9.90 Å². The van der Waals surface area contributed by atoms with Crippen LogP contribution in [0.5, 0.6) is 0 Å². The van der Waals surface area contributed by atoms with Crippen LogP contribution in [0.15, 0.2) is 49.2 Å². The van der Waals surface area contributed by atoms with E-state index in [1.165, 1.54) is 0 Å². The van der Waals surface area contributed by atoms with E-state index in [0.717, 1.165) is 33.5 Å². The third kappa shape index (κ3) is 5.20. The number of aromatic amines is 2. The van der Waals surface area contributed by atoms with E-state index in [-0.39, 0.29) is 5.91 Å². The summed E-state index contributed by atoms with van der Waals surface area (Å²) < 4.78 is 31.7. The predicted molar refractivity (Wildman–Crippen MR) is 117 cm³/mol.